The standard InChI is InChI=1S/C15H15N3O/c1-16-15(19)12-6-7-14(17-10-12)18-9-8-11-4-2-3-5-13(11)18/h2-7,10H,8-9H2,1H3,(H,16,19). The number of carbonyl (C=O) groups excluding carboxylic acids is 1. The molecule has 0 radical (unpaired) electrons. The second-order valence-electron chi connectivity index (χ2n) is 4.51. The molecule has 1 aliphatic rings. The fourth-order valence-corrected chi connectivity index (χ4v) is 2.40. The minimum absolute atomic E-state index is 0.110. The van der Waals surface area contributed by atoms with Crippen LogP contribution in [-0.4, -0.2) is 24.5 Å². The summed E-state index contributed by atoms with van der Waals surface area (Å²) in [6, 6.07) is 12.1. The molecule has 3 rings (SSSR count). The SMILES string of the molecule is CNC(=O)c1ccc(N2CCc3ccccc32)nc1. The van der Waals surface area contributed by atoms with Gasteiger partial charge in [-0.2, -0.15) is 0 Å². The summed E-state index contributed by atoms with van der Waals surface area (Å²) in [6.07, 6.45) is 2.66. The summed E-state index contributed by atoms with van der Waals surface area (Å²) >= 11 is 0. The van der Waals surface area contributed by atoms with E-state index >= 15 is 0 Å². The maximum Gasteiger partial charge on any atom is 0.252 e. The zero-order valence-corrected chi connectivity index (χ0v) is 10.8. The van der Waals surface area contributed by atoms with E-state index in [0.29, 0.717) is 5.56 Å². The molecular formula is C15H15N3O. The number of hydrogen-bond donors (Lipinski definition) is 1. The van der Waals surface area contributed by atoms with Crippen molar-refractivity contribution in [3.8, 4) is 0 Å². The molecule has 96 valence electrons. The minimum Gasteiger partial charge on any atom is -0.355 e. The van der Waals surface area contributed by atoms with E-state index < -0.39 is 0 Å². The number of benzene rings is 1. The van der Waals surface area contributed by atoms with E-state index in [-0.39, 0.29) is 5.91 Å². The van der Waals surface area contributed by atoms with Crippen LogP contribution in [0.1, 0.15) is 15.9 Å². The molecule has 2 heterocycles. The van der Waals surface area contributed by atoms with Gasteiger partial charge in [0.25, 0.3) is 5.91 Å². The Balaban J connectivity index is 1.90. The van der Waals surface area contributed by atoms with Crippen molar-refractivity contribution in [2.45, 2.75) is 6.42 Å². The lowest BCUT2D eigenvalue weighted by atomic mass is 10.2. The van der Waals surface area contributed by atoms with Gasteiger partial charge in [-0.05, 0) is 30.2 Å². The minimum atomic E-state index is -0.110. The second-order valence-corrected chi connectivity index (χ2v) is 4.51. The zero-order valence-electron chi connectivity index (χ0n) is 10.8. The predicted molar refractivity (Wildman–Crippen MR) is 74.8 cm³/mol. The van der Waals surface area contributed by atoms with Crippen molar-refractivity contribution in [3.63, 3.8) is 0 Å². The van der Waals surface area contributed by atoms with E-state index in [4.69, 9.17) is 0 Å². The van der Waals surface area contributed by atoms with Crippen LogP contribution >= 0.6 is 0 Å². The molecule has 1 aromatic carbocycles. The summed E-state index contributed by atoms with van der Waals surface area (Å²) < 4.78 is 0. The third kappa shape index (κ3) is 2.05. The molecule has 0 saturated carbocycles. The van der Waals surface area contributed by atoms with Gasteiger partial charge in [0, 0.05) is 25.5 Å². The van der Waals surface area contributed by atoms with Crippen LogP contribution in [0.3, 0.4) is 0 Å². The zero-order chi connectivity index (χ0) is 13.2. The molecule has 1 aliphatic heterocycles. The van der Waals surface area contributed by atoms with Gasteiger partial charge in [0.05, 0.1) is 5.56 Å². The average Bonchev–Trinajstić information content (AvgIpc) is 2.90. The van der Waals surface area contributed by atoms with Crippen molar-refractivity contribution in [3.05, 3.63) is 53.7 Å². The molecule has 0 fully saturated rings. The molecule has 1 aromatic heterocycles. The van der Waals surface area contributed by atoms with E-state index in [2.05, 4.69) is 33.4 Å². The van der Waals surface area contributed by atoms with Crippen LogP contribution in [0.4, 0.5) is 11.5 Å². The first-order valence-electron chi connectivity index (χ1n) is 6.33. The number of hydrogen-bond acceptors (Lipinski definition) is 3. The molecule has 1 amide bonds. The van der Waals surface area contributed by atoms with E-state index in [1.54, 1.807) is 13.2 Å². The summed E-state index contributed by atoms with van der Waals surface area (Å²) in [5, 5.41) is 2.59. The molecule has 1 N–H and O–H groups in total. The maximum absolute atomic E-state index is 11.5. The van der Waals surface area contributed by atoms with Crippen LogP contribution in [0.25, 0.3) is 0 Å². The van der Waals surface area contributed by atoms with Gasteiger partial charge in [0.1, 0.15) is 5.82 Å². The Morgan fingerprint density at radius 3 is 2.84 bits per heavy atom. The summed E-state index contributed by atoms with van der Waals surface area (Å²) in [6.45, 7) is 0.936. The fraction of sp³-hybridized carbons (Fsp3) is 0.200. The highest BCUT2D eigenvalue weighted by molar-refractivity contribution is 5.93. The average molecular weight is 253 g/mol. The van der Waals surface area contributed by atoms with Crippen molar-refractivity contribution in [2.24, 2.45) is 0 Å². The molecule has 0 atom stereocenters. The Morgan fingerprint density at radius 2 is 2.11 bits per heavy atom. The second kappa shape index (κ2) is 4.72. The lowest BCUT2D eigenvalue weighted by Crippen LogP contribution is -2.19. The number of para-hydroxylation sites is 1. The Bertz CT molecular complexity index is 607. The van der Waals surface area contributed by atoms with E-state index in [0.717, 1.165) is 18.8 Å². The van der Waals surface area contributed by atoms with E-state index in [9.17, 15) is 4.79 Å². The number of nitrogens with one attached hydrogen (secondary N) is 1. The van der Waals surface area contributed by atoms with Crippen molar-refractivity contribution in [1.82, 2.24) is 10.3 Å². The molecule has 19 heavy (non-hydrogen) atoms. The molecule has 4 nitrogen and oxygen atoms in total. The van der Waals surface area contributed by atoms with Crippen LogP contribution in [-0.2, 0) is 6.42 Å². The number of fused-ring (bicyclic) bond motifs is 1. The van der Waals surface area contributed by atoms with Crippen molar-refractivity contribution in [1.29, 1.82) is 0 Å². The Hall–Kier alpha value is -2.36. The Kier molecular flexibility index (Phi) is 2.91. The first kappa shape index (κ1) is 11.7. The fourth-order valence-electron chi connectivity index (χ4n) is 2.40. The molecule has 0 spiro atoms. The molecule has 0 saturated heterocycles. The number of nitrogens with zero attached hydrogens (tertiary/aromatic N) is 2. The first-order chi connectivity index (χ1) is 9.29. The number of anilines is 2. The molecule has 2 aromatic rings. The van der Waals surface area contributed by atoms with Gasteiger partial charge in [-0.25, -0.2) is 4.98 Å². The molecular weight excluding hydrogens is 238 g/mol. The third-order valence-corrected chi connectivity index (χ3v) is 3.40. The molecule has 0 unspecified atom stereocenters. The number of carbonyl (C=O) groups is 1. The van der Waals surface area contributed by atoms with Crippen molar-refractivity contribution in [2.75, 3.05) is 18.5 Å². The highest BCUT2D eigenvalue weighted by Gasteiger charge is 2.20. The Labute approximate surface area is 112 Å². The van der Waals surface area contributed by atoms with Gasteiger partial charge in [-0.1, -0.05) is 18.2 Å². The summed E-state index contributed by atoms with van der Waals surface area (Å²) in [5.41, 5.74) is 3.14. The number of aromatic nitrogens is 1. The van der Waals surface area contributed by atoms with Crippen LogP contribution in [0.5, 0.6) is 0 Å². The predicted octanol–water partition coefficient (Wildman–Crippen LogP) is 2.14. The largest absolute Gasteiger partial charge is 0.355 e. The van der Waals surface area contributed by atoms with Crippen LogP contribution in [0, 0.1) is 0 Å². The van der Waals surface area contributed by atoms with Crippen LogP contribution in [0.2, 0.25) is 0 Å². The van der Waals surface area contributed by atoms with Gasteiger partial charge in [0.15, 0.2) is 0 Å². The smallest absolute Gasteiger partial charge is 0.252 e. The van der Waals surface area contributed by atoms with Gasteiger partial charge < -0.3 is 10.2 Å². The normalized spacial score (nSPS) is 13.2. The lowest BCUT2D eigenvalue weighted by molar-refractivity contribution is 0.0963. The number of rotatable bonds is 2. The van der Waals surface area contributed by atoms with Crippen LogP contribution in [0.15, 0.2) is 42.6 Å². The highest BCUT2D eigenvalue weighted by atomic mass is 16.1. The molecule has 4 heteroatoms. The van der Waals surface area contributed by atoms with Gasteiger partial charge in [-0.15, -0.1) is 0 Å². The van der Waals surface area contributed by atoms with Gasteiger partial charge in [0.2, 0.25) is 0 Å². The summed E-state index contributed by atoms with van der Waals surface area (Å²) in [4.78, 5) is 18.1. The topological polar surface area (TPSA) is 45.2 Å². The summed E-state index contributed by atoms with van der Waals surface area (Å²) in [7, 11) is 1.62. The summed E-state index contributed by atoms with van der Waals surface area (Å²) in [5.74, 6) is 0.776. The molecule has 0 bridgehead atoms. The van der Waals surface area contributed by atoms with Gasteiger partial charge in [-0.3, -0.25) is 4.79 Å². The van der Waals surface area contributed by atoms with Crippen molar-refractivity contribution >= 4 is 17.4 Å². The third-order valence-electron chi connectivity index (χ3n) is 3.40. The van der Waals surface area contributed by atoms with Crippen molar-refractivity contribution < 1.29 is 4.79 Å². The van der Waals surface area contributed by atoms with Gasteiger partial charge >= 0.3 is 0 Å². The monoisotopic (exact) mass is 253 g/mol. The lowest BCUT2D eigenvalue weighted by Gasteiger charge is -2.18. The molecule has 0 aliphatic carbocycles. The van der Waals surface area contributed by atoms with E-state index in [1.165, 1.54) is 11.3 Å². The first-order valence-corrected chi connectivity index (χ1v) is 6.33. The Morgan fingerprint density at radius 1 is 1.26 bits per heavy atom. The number of amides is 1. The highest BCUT2D eigenvalue weighted by Crippen LogP contribution is 2.32. The van der Waals surface area contributed by atoms with Crippen LogP contribution < -0.4 is 10.2 Å². The van der Waals surface area contributed by atoms with E-state index in [1.807, 2.05) is 18.2 Å². The number of pyridine rings is 1. The maximum atomic E-state index is 11.5. The quantitative estimate of drug-likeness (QED) is 0.891.